The molecule has 1 aromatic heterocycles. The number of nitrogens with zero attached hydrogens (tertiary/aromatic N) is 4. The van der Waals surface area contributed by atoms with Gasteiger partial charge in [0.1, 0.15) is 11.4 Å². The highest BCUT2D eigenvalue weighted by Gasteiger charge is 2.46. The summed E-state index contributed by atoms with van der Waals surface area (Å²) in [4.78, 5) is 17.8. The summed E-state index contributed by atoms with van der Waals surface area (Å²) in [5.74, 6) is 0.0815. The molecule has 3 aromatic rings. The summed E-state index contributed by atoms with van der Waals surface area (Å²) in [6.07, 6.45) is 0.271. The SMILES string of the molecule is COc1ccc(-n2nc(C(F)(F)F)c3c2C(=O)N(c2ccc(C4(CN5CCCC5)CC4)cc2)CC3)cc1. The fourth-order valence-electron chi connectivity index (χ4n) is 5.80. The van der Waals surface area contributed by atoms with Crippen molar-refractivity contribution >= 4 is 11.6 Å². The van der Waals surface area contributed by atoms with Crippen molar-refractivity contribution in [2.75, 3.05) is 38.2 Å². The molecule has 37 heavy (non-hydrogen) atoms. The van der Waals surface area contributed by atoms with Crippen molar-refractivity contribution in [3.63, 3.8) is 0 Å². The van der Waals surface area contributed by atoms with Crippen LogP contribution in [0.5, 0.6) is 5.75 Å². The molecule has 1 aliphatic carbocycles. The Morgan fingerprint density at radius 2 is 1.59 bits per heavy atom. The summed E-state index contributed by atoms with van der Waals surface area (Å²) in [6, 6.07) is 14.5. The van der Waals surface area contributed by atoms with Crippen LogP contribution in [0.1, 0.15) is 53.0 Å². The maximum atomic E-state index is 13.9. The predicted octanol–water partition coefficient (Wildman–Crippen LogP) is 5.23. The Kier molecular flexibility index (Phi) is 5.78. The number of benzene rings is 2. The maximum Gasteiger partial charge on any atom is 0.435 e. The van der Waals surface area contributed by atoms with Gasteiger partial charge < -0.3 is 14.5 Å². The van der Waals surface area contributed by atoms with Gasteiger partial charge in [-0.05, 0) is 87.2 Å². The third-order valence-corrected chi connectivity index (χ3v) is 7.97. The number of carbonyl (C=O) groups is 1. The Balaban J connectivity index is 1.31. The average Bonchev–Trinajstić information content (AvgIpc) is 3.29. The van der Waals surface area contributed by atoms with Crippen LogP contribution in [0.3, 0.4) is 0 Å². The number of amides is 1. The maximum absolute atomic E-state index is 13.9. The fourth-order valence-corrected chi connectivity index (χ4v) is 5.80. The smallest absolute Gasteiger partial charge is 0.435 e. The van der Waals surface area contributed by atoms with Gasteiger partial charge in [-0.1, -0.05) is 12.1 Å². The van der Waals surface area contributed by atoms with E-state index in [2.05, 4.69) is 22.1 Å². The number of ether oxygens (including phenoxy) is 1. The van der Waals surface area contributed by atoms with Crippen LogP contribution >= 0.6 is 0 Å². The Morgan fingerprint density at radius 3 is 2.19 bits per heavy atom. The molecule has 2 aliphatic heterocycles. The van der Waals surface area contributed by atoms with Gasteiger partial charge in [-0.2, -0.15) is 18.3 Å². The summed E-state index contributed by atoms with van der Waals surface area (Å²) >= 11 is 0. The molecule has 0 atom stereocenters. The monoisotopic (exact) mass is 510 g/mol. The molecule has 6 rings (SSSR count). The van der Waals surface area contributed by atoms with Crippen molar-refractivity contribution in [2.24, 2.45) is 0 Å². The summed E-state index contributed by atoms with van der Waals surface area (Å²) in [5.41, 5.74) is 1.43. The number of carbonyl (C=O) groups excluding carboxylic acids is 1. The first kappa shape index (κ1) is 24.0. The second-order valence-corrected chi connectivity index (χ2v) is 10.3. The Morgan fingerprint density at radius 1 is 0.946 bits per heavy atom. The molecule has 0 unspecified atom stereocenters. The lowest BCUT2D eigenvalue weighted by Crippen LogP contribution is -2.39. The summed E-state index contributed by atoms with van der Waals surface area (Å²) in [7, 11) is 1.51. The molecule has 1 saturated heterocycles. The van der Waals surface area contributed by atoms with Gasteiger partial charge in [0, 0.05) is 29.8 Å². The summed E-state index contributed by atoms with van der Waals surface area (Å²) in [5, 5.41) is 3.87. The first-order valence-corrected chi connectivity index (χ1v) is 12.8. The molecule has 0 bridgehead atoms. The summed E-state index contributed by atoms with van der Waals surface area (Å²) < 4.78 is 47.8. The highest BCUT2D eigenvalue weighted by Crippen LogP contribution is 2.49. The van der Waals surface area contributed by atoms with E-state index < -0.39 is 17.8 Å². The lowest BCUT2D eigenvalue weighted by molar-refractivity contribution is -0.141. The number of rotatable bonds is 6. The first-order valence-electron chi connectivity index (χ1n) is 12.8. The van der Waals surface area contributed by atoms with E-state index in [1.54, 1.807) is 29.2 Å². The van der Waals surface area contributed by atoms with Crippen molar-refractivity contribution < 1.29 is 22.7 Å². The van der Waals surface area contributed by atoms with Gasteiger partial charge in [0.15, 0.2) is 5.69 Å². The van der Waals surface area contributed by atoms with Crippen molar-refractivity contribution in [1.29, 1.82) is 0 Å². The first-order chi connectivity index (χ1) is 17.8. The van der Waals surface area contributed by atoms with Gasteiger partial charge in [-0.3, -0.25) is 4.79 Å². The average molecular weight is 511 g/mol. The van der Waals surface area contributed by atoms with Gasteiger partial charge in [-0.25, -0.2) is 4.68 Å². The van der Waals surface area contributed by atoms with Gasteiger partial charge >= 0.3 is 6.18 Å². The van der Waals surface area contributed by atoms with E-state index >= 15 is 0 Å². The summed E-state index contributed by atoms with van der Waals surface area (Å²) in [6.45, 7) is 3.56. The molecule has 6 nitrogen and oxygen atoms in total. The van der Waals surface area contributed by atoms with Crippen molar-refractivity contribution in [3.05, 3.63) is 71.0 Å². The number of methoxy groups -OCH3 is 1. The molecule has 0 radical (unpaired) electrons. The third-order valence-electron chi connectivity index (χ3n) is 7.97. The number of halogens is 3. The normalized spacial score (nSPS) is 19.2. The van der Waals surface area contributed by atoms with Crippen LogP contribution in [0, 0.1) is 0 Å². The Hall–Kier alpha value is -3.33. The van der Waals surface area contributed by atoms with Gasteiger partial charge in [0.2, 0.25) is 0 Å². The van der Waals surface area contributed by atoms with Crippen LogP contribution in [-0.2, 0) is 18.0 Å². The van der Waals surface area contributed by atoms with E-state index in [4.69, 9.17) is 4.74 Å². The van der Waals surface area contributed by atoms with E-state index in [1.807, 2.05) is 12.1 Å². The molecule has 9 heteroatoms. The van der Waals surface area contributed by atoms with Gasteiger partial charge in [0.05, 0.1) is 12.8 Å². The highest BCUT2D eigenvalue weighted by molar-refractivity contribution is 6.07. The third kappa shape index (κ3) is 4.29. The number of anilines is 1. The zero-order valence-corrected chi connectivity index (χ0v) is 20.7. The van der Waals surface area contributed by atoms with Crippen LogP contribution in [0.15, 0.2) is 48.5 Å². The molecule has 1 amide bonds. The molecule has 3 aliphatic rings. The topological polar surface area (TPSA) is 50.6 Å². The molecule has 2 aromatic carbocycles. The largest absolute Gasteiger partial charge is 0.497 e. The van der Waals surface area contributed by atoms with Crippen LogP contribution in [-0.4, -0.2) is 53.9 Å². The Bertz CT molecular complexity index is 1300. The van der Waals surface area contributed by atoms with Crippen LogP contribution in [0.25, 0.3) is 5.69 Å². The minimum absolute atomic E-state index is 0.0412. The van der Waals surface area contributed by atoms with Crippen LogP contribution in [0.4, 0.5) is 18.9 Å². The molecular formula is C28H29F3N4O2. The fraction of sp³-hybridized carbons (Fsp3) is 0.429. The van der Waals surface area contributed by atoms with Crippen molar-refractivity contribution in [3.8, 4) is 11.4 Å². The van der Waals surface area contributed by atoms with E-state index in [0.29, 0.717) is 17.1 Å². The molecule has 2 fully saturated rings. The van der Waals surface area contributed by atoms with E-state index in [0.717, 1.165) is 37.2 Å². The molecule has 3 heterocycles. The van der Waals surface area contributed by atoms with E-state index in [9.17, 15) is 18.0 Å². The predicted molar refractivity (Wildman–Crippen MR) is 134 cm³/mol. The van der Waals surface area contributed by atoms with Crippen LogP contribution < -0.4 is 9.64 Å². The Labute approximate surface area is 213 Å². The minimum atomic E-state index is -4.65. The van der Waals surface area contributed by atoms with Crippen molar-refractivity contribution in [2.45, 2.75) is 43.7 Å². The molecule has 0 N–H and O–H groups in total. The molecule has 194 valence electrons. The lowest BCUT2D eigenvalue weighted by atomic mass is 9.94. The number of alkyl halides is 3. The van der Waals surface area contributed by atoms with E-state index in [-0.39, 0.29) is 29.6 Å². The molecular weight excluding hydrogens is 481 g/mol. The van der Waals surface area contributed by atoms with E-state index in [1.165, 1.54) is 25.5 Å². The van der Waals surface area contributed by atoms with Gasteiger partial charge in [0.25, 0.3) is 5.91 Å². The highest BCUT2D eigenvalue weighted by atomic mass is 19.4. The van der Waals surface area contributed by atoms with Crippen LogP contribution in [0.2, 0.25) is 0 Å². The number of likely N-dealkylation sites (tertiary alicyclic amines) is 1. The zero-order valence-electron chi connectivity index (χ0n) is 20.7. The number of hydrogen-bond acceptors (Lipinski definition) is 4. The minimum Gasteiger partial charge on any atom is -0.497 e. The number of hydrogen-bond donors (Lipinski definition) is 0. The second kappa shape index (κ2) is 8.90. The molecule has 1 saturated carbocycles. The zero-order chi connectivity index (χ0) is 25.8. The standard InChI is InChI=1S/C28H29F3N4O2/c1-37-22-10-8-21(9-11-22)35-24-23(25(32-35)28(29,30)31)12-17-34(26(24)36)20-6-4-19(5-7-20)27(13-14-27)18-33-15-2-3-16-33/h4-11H,2-3,12-18H2,1H3. The van der Waals surface area contributed by atoms with Gasteiger partial charge in [-0.15, -0.1) is 0 Å². The quantitative estimate of drug-likeness (QED) is 0.456. The lowest BCUT2D eigenvalue weighted by Gasteiger charge is -2.29. The molecule has 0 spiro atoms. The number of fused-ring (bicyclic) bond motifs is 1. The second-order valence-electron chi connectivity index (χ2n) is 10.3. The van der Waals surface area contributed by atoms with Crippen molar-refractivity contribution in [1.82, 2.24) is 14.7 Å². The number of aromatic nitrogens is 2.